The number of benzene rings is 2. The quantitative estimate of drug-likeness (QED) is 0.386. The van der Waals surface area contributed by atoms with Crippen LogP contribution >= 0.6 is 16.5 Å². The number of aliphatic hydroxyl groups is 2. The number of aliphatic hydroxyl groups excluding tert-OH is 2. The highest BCUT2D eigenvalue weighted by atomic mass is 31.1. The van der Waals surface area contributed by atoms with Crippen molar-refractivity contribution < 1.29 is 38.2 Å². The zero-order valence-electron chi connectivity index (χ0n) is 15.9. The average molecular weight is 446 g/mol. The minimum atomic E-state index is -3.19. The Balaban J connectivity index is 0.000000290. The number of hydrogen-bond acceptors (Lipinski definition) is 6. The van der Waals surface area contributed by atoms with Crippen LogP contribution in [0.15, 0.2) is 60.7 Å². The van der Waals surface area contributed by atoms with Gasteiger partial charge in [-0.1, -0.05) is 60.7 Å². The molecule has 0 aromatic heterocycles. The predicted octanol–water partition coefficient (Wildman–Crippen LogP) is 2.23. The second-order valence-corrected chi connectivity index (χ2v) is 8.04. The van der Waals surface area contributed by atoms with Gasteiger partial charge in [0.2, 0.25) is 0 Å². The molecule has 2 aromatic rings. The summed E-state index contributed by atoms with van der Waals surface area (Å²) in [5.41, 5.74) is 1.47. The van der Waals surface area contributed by atoms with Gasteiger partial charge in [0.25, 0.3) is 0 Å². The number of rotatable bonds is 11. The van der Waals surface area contributed by atoms with Gasteiger partial charge in [-0.25, -0.2) is 0 Å². The molecule has 0 amide bonds. The van der Waals surface area contributed by atoms with E-state index >= 15 is 0 Å². The molecule has 162 valence electrons. The summed E-state index contributed by atoms with van der Waals surface area (Å²) in [6, 6.07) is 21.2. The summed E-state index contributed by atoms with van der Waals surface area (Å²) in [5.74, 6) is 0. The van der Waals surface area contributed by atoms with Crippen LogP contribution in [0.5, 0.6) is 0 Å². The molecular formula is C19H28O8P2. The first-order valence-electron chi connectivity index (χ1n) is 8.92. The molecule has 0 bridgehead atoms. The summed E-state index contributed by atoms with van der Waals surface area (Å²) in [5, 5.41) is 17.9. The lowest BCUT2D eigenvalue weighted by Crippen LogP contribution is -2.38. The van der Waals surface area contributed by atoms with Gasteiger partial charge in [-0.2, -0.15) is 0 Å². The van der Waals surface area contributed by atoms with Crippen molar-refractivity contribution in [2.45, 2.75) is 12.8 Å². The molecule has 0 fully saturated rings. The summed E-state index contributed by atoms with van der Waals surface area (Å²) in [6.45, 7) is -2.09. The third kappa shape index (κ3) is 11.4. The largest absolute Gasteiger partial charge is 0.396 e. The van der Waals surface area contributed by atoms with Crippen LogP contribution in [0.1, 0.15) is 11.1 Å². The predicted molar refractivity (Wildman–Crippen MR) is 111 cm³/mol. The van der Waals surface area contributed by atoms with Crippen LogP contribution in [-0.2, 0) is 31.0 Å². The second-order valence-electron chi connectivity index (χ2n) is 6.40. The first-order chi connectivity index (χ1) is 13.9. The van der Waals surface area contributed by atoms with Crippen LogP contribution in [-0.4, -0.2) is 46.4 Å². The van der Waals surface area contributed by atoms with Gasteiger partial charge in [0.15, 0.2) is 0 Å². The first-order valence-corrected chi connectivity index (χ1v) is 11.4. The third-order valence-corrected chi connectivity index (χ3v) is 4.85. The minimum absolute atomic E-state index is 0.441. The molecule has 0 heterocycles. The highest BCUT2D eigenvalue weighted by molar-refractivity contribution is 7.32. The summed E-state index contributed by atoms with van der Waals surface area (Å²) < 4.78 is 29.2. The van der Waals surface area contributed by atoms with Crippen molar-refractivity contribution in [3.05, 3.63) is 71.8 Å². The molecule has 2 aromatic carbocycles. The molecule has 29 heavy (non-hydrogen) atoms. The molecule has 0 saturated carbocycles. The van der Waals surface area contributed by atoms with E-state index in [1.165, 1.54) is 11.1 Å². The lowest BCUT2D eigenvalue weighted by atomic mass is 9.93. The van der Waals surface area contributed by atoms with E-state index in [1.807, 2.05) is 0 Å². The lowest BCUT2D eigenvalue weighted by Gasteiger charge is -2.27. The Bertz CT molecular complexity index is 664. The molecule has 0 aliphatic carbocycles. The van der Waals surface area contributed by atoms with E-state index in [1.54, 1.807) is 0 Å². The van der Waals surface area contributed by atoms with Gasteiger partial charge in [-0.05, 0) is 24.0 Å². The van der Waals surface area contributed by atoms with Gasteiger partial charge >= 0.3 is 16.5 Å². The maximum absolute atomic E-state index is 10.3. The van der Waals surface area contributed by atoms with Gasteiger partial charge in [-0.15, -0.1) is 0 Å². The SMILES string of the molecule is O=[PH](O)OCC(CO)(CO)CO[PH](=O)O.c1ccc(CCc2ccccc2)cc1. The van der Waals surface area contributed by atoms with Gasteiger partial charge in [0, 0.05) is 0 Å². The van der Waals surface area contributed by atoms with Gasteiger partial charge in [0.05, 0.1) is 31.8 Å². The zero-order chi connectivity index (χ0) is 21.5. The van der Waals surface area contributed by atoms with Crippen molar-refractivity contribution in [3.63, 3.8) is 0 Å². The Hall–Kier alpha value is -1.34. The molecule has 8 nitrogen and oxygen atoms in total. The average Bonchev–Trinajstić information content (AvgIpc) is 2.75. The Kier molecular flexibility index (Phi) is 12.9. The molecule has 2 rings (SSSR count). The summed E-state index contributed by atoms with van der Waals surface area (Å²) in [6.07, 6.45) is 2.26. The van der Waals surface area contributed by atoms with Crippen molar-refractivity contribution in [2.75, 3.05) is 26.4 Å². The molecule has 0 radical (unpaired) electrons. The normalized spacial score (nSPS) is 13.2. The van der Waals surface area contributed by atoms with Crippen LogP contribution in [0.2, 0.25) is 0 Å². The fourth-order valence-electron chi connectivity index (χ4n) is 2.28. The Labute approximate surface area is 171 Å². The van der Waals surface area contributed by atoms with Crippen LogP contribution in [0.4, 0.5) is 0 Å². The highest BCUT2D eigenvalue weighted by Crippen LogP contribution is 2.27. The van der Waals surface area contributed by atoms with E-state index in [0.717, 1.165) is 12.8 Å². The van der Waals surface area contributed by atoms with Gasteiger partial charge < -0.3 is 29.0 Å². The van der Waals surface area contributed by atoms with Crippen LogP contribution in [0.25, 0.3) is 0 Å². The topological polar surface area (TPSA) is 134 Å². The second kappa shape index (κ2) is 14.6. The Morgan fingerprint density at radius 2 is 1.03 bits per heavy atom. The number of hydrogen-bond donors (Lipinski definition) is 4. The first kappa shape index (κ1) is 25.7. The third-order valence-electron chi connectivity index (χ3n) is 4.06. The van der Waals surface area contributed by atoms with Crippen LogP contribution < -0.4 is 0 Å². The molecule has 10 heteroatoms. The van der Waals surface area contributed by atoms with E-state index in [9.17, 15) is 9.13 Å². The fourth-order valence-corrected chi connectivity index (χ4v) is 3.14. The smallest absolute Gasteiger partial charge is 0.316 e. The van der Waals surface area contributed by atoms with Gasteiger partial charge in [0.1, 0.15) is 0 Å². The summed E-state index contributed by atoms with van der Waals surface area (Å²) in [7, 11) is -6.37. The maximum atomic E-state index is 10.3. The molecule has 0 saturated heterocycles. The zero-order valence-corrected chi connectivity index (χ0v) is 17.9. The van der Waals surface area contributed by atoms with E-state index in [-0.39, 0.29) is 0 Å². The molecule has 0 aliphatic rings. The molecule has 2 unspecified atom stereocenters. The Morgan fingerprint density at radius 3 is 1.31 bits per heavy atom. The molecule has 0 spiro atoms. The summed E-state index contributed by atoms with van der Waals surface area (Å²) >= 11 is 0. The van der Waals surface area contributed by atoms with Crippen molar-refractivity contribution in [2.24, 2.45) is 5.41 Å². The molecule has 0 aliphatic heterocycles. The van der Waals surface area contributed by atoms with Crippen molar-refractivity contribution in [1.29, 1.82) is 0 Å². The van der Waals surface area contributed by atoms with Crippen molar-refractivity contribution >= 4 is 16.5 Å². The molecular weight excluding hydrogens is 418 g/mol. The Morgan fingerprint density at radius 1 is 0.690 bits per heavy atom. The summed E-state index contributed by atoms with van der Waals surface area (Å²) in [4.78, 5) is 16.8. The number of aryl methyl sites for hydroxylation is 2. The van der Waals surface area contributed by atoms with Crippen LogP contribution in [0, 0.1) is 5.41 Å². The van der Waals surface area contributed by atoms with Crippen LogP contribution in [0.3, 0.4) is 0 Å². The van der Waals surface area contributed by atoms with Gasteiger partial charge in [-0.3, -0.25) is 9.13 Å². The molecule has 2 atom stereocenters. The van der Waals surface area contributed by atoms with E-state index < -0.39 is 48.4 Å². The lowest BCUT2D eigenvalue weighted by molar-refractivity contribution is -0.0193. The molecule has 4 N–H and O–H groups in total. The van der Waals surface area contributed by atoms with E-state index in [2.05, 4.69) is 69.7 Å². The van der Waals surface area contributed by atoms with E-state index in [4.69, 9.17) is 20.0 Å². The minimum Gasteiger partial charge on any atom is -0.396 e. The van der Waals surface area contributed by atoms with E-state index in [0.29, 0.717) is 0 Å². The fraction of sp³-hybridized carbons (Fsp3) is 0.368. The highest BCUT2D eigenvalue weighted by Gasteiger charge is 2.31. The monoisotopic (exact) mass is 446 g/mol. The van der Waals surface area contributed by atoms with Crippen molar-refractivity contribution in [3.8, 4) is 0 Å². The maximum Gasteiger partial charge on any atom is 0.316 e. The standard InChI is InChI=1S/C14H14.C5H14O8P2/c1-3-7-13(8-4-1)11-12-14-9-5-2-6-10-14;6-1-5(2-7,3-12-14(8)9)4-13-15(10)11/h1-10H,11-12H2;6-7,14-15H,1-4H2,(H,8,9)(H,10,11). The van der Waals surface area contributed by atoms with Crippen molar-refractivity contribution in [1.82, 2.24) is 0 Å².